The van der Waals surface area contributed by atoms with E-state index in [1.165, 1.54) is 25.3 Å². The molecule has 0 heterocycles. The van der Waals surface area contributed by atoms with Gasteiger partial charge in [0.25, 0.3) is 0 Å². The fourth-order valence-electron chi connectivity index (χ4n) is 1.61. The van der Waals surface area contributed by atoms with Crippen LogP contribution in [0.15, 0.2) is 0 Å². The van der Waals surface area contributed by atoms with Crippen molar-refractivity contribution in [1.82, 2.24) is 5.32 Å². The van der Waals surface area contributed by atoms with Crippen LogP contribution in [-0.2, 0) is 9.47 Å². The van der Waals surface area contributed by atoms with E-state index in [4.69, 9.17) is 9.47 Å². The molecule has 3 nitrogen and oxygen atoms in total. The monoisotopic (exact) mass is 259 g/mol. The van der Waals surface area contributed by atoms with Crippen molar-refractivity contribution in [3.63, 3.8) is 0 Å². The van der Waals surface area contributed by atoms with Crippen LogP contribution in [0.1, 0.15) is 40.0 Å². The summed E-state index contributed by atoms with van der Waals surface area (Å²) in [4.78, 5) is 0. The minimum absolute atomic E-state index is 0.0150. The van der Waals surface area contributed by atoms with Crippen LogP contribution in [0.25, 0.3) is 0 Å². The Morgan fingerprint density at radius 3 is 2.41 bits per heavy atom. The largest absolute Gasteiger partial charge is 0.360 e. The maximum atomic E-state index is 5.20. The number of methoxy groups -OCH3 is 2. The second-order valence-electron chi connectivity index (χ2n) is 5.20. The molecule has 17 heavy (non-hydrogen) atoms. The topological polar surface area (TPSA) is 30.5 Å². The van der Waals surface area contributed by atoms with Crippen LogP contribution in [0.3, 0.4) is 0 Å². The Labute approximate surface area is 109 Å². The summed E-state index contributed by atoms with van der Waals surface area (Å²) in [5.41, 5.74) is 0.368. The van der Waals surface area contributed by atoms with E-state index < -0.39 is 0 Å². The predicted molar refractivity (Wildman–Crippen MR) is 74.5 cm³/mol. The van der Waals surface area contributed by atoms with Gasteiger partial charge in [-0.3, -0.25) is 0 Å². The highest BCUT2D eigenvalue weighted by molar-refractivity contribution is 6.36. The number of unbranched alkanes of at least 4 members (excludes halogenated alkanes) is 1. The van der Waals surface area contributed by atoms with Crippen LogP contribution >= 0.6 is 0 Å². The molecule has 0 bridgehead atoms. The first-order valence-corrected chi connectivity index (χ1v) is 7.84. The lowest BCUT2D eigenvalue weighted by Crippen LogP contribution is -2.31. The van der Waals surface area contributed by atoms with Crippen LogP contribution in [0.4, 0.5) is 0 Å². The van der Waals surface area contributed by atoms with E-state index in [0.29, 0.717) is 5.41 Å². The second-order valence-corrected chi connectivity index (χ2v) is 6.58. The molecule has 0 saturated heterocycles. The highest BCUT2D eigenvalue weighted by atomic mass is 28.2. The molecule has 1 N–H and O–H groups in total. The summed E-state index contributed by atoms with van der Waals surface area (Å²) in [6, 6.07) is 1.18. The highest BCUT2D eigenvalue weighted by Gasteiger charge is 2.18. The Kier molecular flexibility index (Phi) is 10.1. The molecule has 0 unspecified atom stereocenters. The lowest BCUT2D eigenvalue weighted by atomic mass is 9.90. The molecule has 0 aromatic carbocycles. The summed E-state index contributed by atoms with van der Waals surface area (Å²) in [6.45, 7) is 9.11. The molecular weight excluding hydrogens is 230 g/mol. The zero-order chi connectivity index (χ0) is 13.1. The number of rotatable bonds is 11. The van der Waals surface area contributed by atoms with Gasteiger partial charge in [-0.15, -0.1) is 0 Å². The lowest BCUT2D eigenvalue weighted by molar-refractivity contribution is -0.0442. The first kappa shape index (κ1) is 17.1. The molecule has 0 rings (SSSR count). The van der Waals surface area contributed by atoms with E-state index in [1.807, 2.05) is 0 Å². The maximum Gasteiger partial charge on any atom is 0.136 e. The summed E-state index contributed by atoms with van der Waals surface area (Å²) >= 11 is 0. The van der Waals surface area contributed by atoms with Gasteiger partial charge < -0.3 is 14.8 Å². The summed E-state index contributed by atoms with van der Waals surface area (Å²) in [5.74, 6) is -0.0150. The van der Waals surface area contributed by atoms with E-state index in [1.54, 1.807) is 14.2 Å². The van der Waals surface area contributed by atoms with Gasteiger partial charge in [0, 0.05) is 20.8 Å². The first-order valence-electron chi connectivity index (χ1n) is 6.55. The SMILES string of the molecule is CCCCNCC(C)(C)CC[Si]C(OC)OC. The third-order valence-corrected chi connectivity index (χ3v) is 4.20. The van der Waals surface area contributed by atoms with E-state index in [2.05, 4.69) is 26.1 Å². The third kappa shape index (κ3) is 9.77. The van der Waals surface area contributed by atoms with Crippen molar-refractivity contribution in [2.75, 3.05) is 27.3 Å². The van der Waals surface area contributed by atoms with E-state index >= 15 is 0 Å². The van der Waals surface area contributed by atoms with Crippen LogP contribution < -0.4 is 5.32 Å². The van der Waals surface area contributed by atoms with Crippen LogP contribution in [0.5, 0.6) is 0 Å². The Balaban J connectivity index is 3.62. The fourth-order valence-corrected chi connectivity index (χ4v) is 3.00. The molecule has 102 valence electrons. The van der Waals surface area contributed by atoms with Crippen molar-refractivity contribution < 1.29 is 9.47 Å². The number of nitrogens with one attached hydrogen (secondary N) is 1. The molecule has 0 atom stereocenters. The van der Waals surface area contributed by atoms with Crippen molar-refractivity contribution in [1.29, 1.82) is 0 Å². The van der Waals surface area contributed by atoms with E-state index in [0.717, 1.165) is 22.6 Å². The van der Waals surface area contributed by atoms with Crippen LogP contribution in [0, 0.1) is 5.41 Å². The van der Waals surface area contributed by atoms with Gasteiger partial charge in [-0.1, -0.05) is 33.2 Å². The Morgan fingerprint density at radius 2 is 1.88 bits per heavy atom. The quantitative estimate of drug-likeness (QED) is 0.351. The summed E-state index contributed by atoms with van der Waals surface area (Å²) in [7, 11) is 4.14. The lowest BCUT2D eigenvalue weighted by Gasteiger charge is -2.25. The molecule has 0 saturated carbocycles. The molecular formula is C13H29NO2Si. The molecule has 0 fully saturated rings. The summed E-state index contributed by atoms with van der Waals surface area (Å²) in [5, 5.41) is 3.53. The van der Waals surface area contributed by atoms with E-state index in [-0.39, 0.29) is 5.91 Å². The molecule has 4 heteroatoms. The Hall–Kier alpha value is 0.0969. The fraction of sp³-hybridized carbons (Fsp3) is 1.00. The van der Waals surface area contributed by atoms with Gasteiger partial charge in [-0.2, -0.15) is 0 Å². The molecule has 0 aliphatic heterocycles. The molecule has 0 aliphatic carbocycles. The first-order chi connectivity index (χ1) is 8.05. The molecule has 2 radical (unpaired) electrons. The smallest absolute Gasteiger partial charge is 0.136 e. The Morgan fingerprint density at radius 1 is 1.24 bits per heavy atom. The minimum atomic E-state index is -0.0150. The van der Waals surface area contributed by atoms with Crippen molar-refractivity contribution in [3.8, 4) is 0 Å². The molecule has 0 aromatic heterocycles. The van der Waals surface area contributed by atoms with Gasteiger partial charge in [0.2, 0.25) is 0 Å². The highest BCUT2D eigenvalue weighted by Crippen LogP contribution is 2.21. The van der Waals surface area contributed by atoms with Crippen LogP contribution in [-0.4, -0.2) is 42.7 Å². The maximum absolute atomic E-state index is 5.20. The van der Waals surface area contributed by atoms with Crippen molar-refractivity contribution in [3.05, 3.63) is 0 Å². The van der Waals surface area contributed by atoms with Gasteiger partial charge in [0.05, 0.1) is 0 Å². The number of ether oxygens (including phenoxy) is 2. The van der Waals surface area contributed by atoms with Gasteiger partial charge in [0.15, 0.2) is 0 Å². The molecule has 0 amide bonds. The van der Waals surface area contributed by atoms with Gasteiger partial charge in [0.1, 0.15) is 15.4 Å². The molecule has 0 spiro atoms. The average Bonchev–Trinajstić information content (AvgIpc) is 2.30. The van der Waals surface area contributed by atoms with Crippen molar-refractivity contribution in [2.45, 2.75) is 52.0 Å². The van der Waals surface area contributed by atoms with E-state index in [9.17, 15) is 0 Å². The van der Waals surface area contributed by atoms with Gasteiger partial charge in [-0.25, -0.2) is 0 Å². The predicted octanol–water partition coefficient (Wildman–Crippen LogP) is 2.49. The normalized spacial score (nSPS) is 12.4. The number of hydrogen-bond donors (Lipinski definition) is 1. The third-order valence-electron chi connectivity index (χ3n) is 2.85. The number of hydrogen-bond acceptors (Lipinski definition) is 3. The molecule has 0 aliphatic rings. The summed E-state index contributed by atoms with van der Waals surface area (Å²) in [6.07, 6.45) is 3.75. The van der Waals surface area contributed by atoms with Crippen LogP contribution in [0.2, 0.25) is 6.04 Å². The Bertz CT molecular complexity index is 173. The molecule has 0 aromatic rings. The zero-order valence-corrected chi connectivity index (χ0v) is 13.1. The average molecular weight is 259 g/mol. The van der Waals surface area contributed by atoms with Gasteiger partial charge in [-0.05, 0) is 24.8 Å². The van der Waals surface area contributed by atoms with Crippen molar-refractivity contribution >= 4 is 9.52 Å². The van der Waals surface area contributed by atoms with Gasteiger partial charge >= 0.3 is 0 Å². The standard InChI is InChI=1S/C13H29NO2Si/c1-6-7-9-14-11-13(2,3)8-10-17-12(15-4)16-5/h12,14H,6-11H2,1-5H3. The van der Waals surface area contributed by atoms with Crippen molar-refractivity contribution in [2.24, 2.45) is 5.41 Å². The zero-order valence-electron chi connectivity index (χ0n) is 12.1. The minimum Gasteiger partial charge on any atom is -0.360 e. The summed E-state index contributed by atoms with van der Waals surface area (Å²) < 4.78 is 10.4. The second kappa shape index (κ2) is 10.1.